The molecule has 1 aromatic carbocycles. The zero-order chi connectivity index (χ0) is 14.6. The fourth-order valence-corrected chi connectivity index (χ4v) is 1.51. The summed E-state index contributed by atoms with van der Waals surface area (Å²) in [7, 11) is 0. The molecule has 1 rings (SSSR count). The van der Waals surface area contributed by atoms with E-state index in [1.54, 1.807) is 39.8 Å². The number of hydrogen-bond acceptors (Lipinski definition) is 3. The molecule has 2 N–H and O–H groups in total. The van der Waals surface area contributed by atoms with Crippen LogP contribution in [-0.2, 0) is 4.74 Å². The lowest BCUT2D eigenvalue weighted by Crippen LogP contribution is -2.34. The zero-order valence-electron chi connectivity index (χ0n) is 11.6. The molecule has 0 unspecified atom stereocenters. The van der Waals surface area contributed by atoms with Crippen molar-refractivity contribution in [2.24, 2.45) is 0 Å². The Labute approximate surface area is 112 Å². The van der Waals surface area contributed by atoms with Crippen LogP contribution in [0.5, 0.6) is 0 Å². The van der Waals surface area contributed by atoms with Crippen molar-refractivity contribution in [2.75, 3.05) is 0 Å². The zero-order valence-corrected chi connectivity index (χ0v) is 11.6. The van der Waals surface area contributed by atoms with Crippen molar-refractivity contribution in [2.45, 2.75) is 39.3 Å². The summed E-state index contributed by atoms with van der Waals surface area (Å²) in [6, 6.07) is 6.12. The molecule has 5 heteroatoms. The number of carbonyl (C=O) groups is 2. The van der Waals surface area contributed by atoms with E-state index in [1.165, 1.54) is 12.1 Å². The van der Waals surface area contributed by atoms with Gasteiger partial charge in [0.05, 0.1) is 11.6 Å². The van der Waals surface area contributed by atoms with Crippen LogP contribution < -0.4 is 5.32 Å². The van der Waals surface area contributed by atoms with E-state index < -0.39 is 17.7 Å². The van der Waals surface area contributed by atoms with Gasteiger partial charge in [0.1, 0.15) is 5.60 Å². The highest BCUT2D eigenvalue weighted by Gasteiger charge is 2.18. The molecule has 0 saturated carbocycles. The first-order valence-electron chi connectivity index (χ1n) is 6.02. The maximum atomic E-state index is 11.6. The molecule has 5 nitrogen and oxygen atoms in total. The molecule has 0 fully saturated rings. The Morgan fingerprint density at radius 3 is 2.47 bits per heavy atom. The van der Waals surface area contributed by atoms with E-state index in [9.17, 15) is 9.59 Å². The number of alkyl carbamates (subject to hydrolysis) is 1. The van der Waals surface area contributed by atoms with E-state index in [2.05, 4.69) is 5.32 Å². The lowest BCUT2D eigenvalue weighted by atomic mass is 10.1. The van der Waals surface area contributed by atoms with Crippen LogP contribution in [0, 0.1) is 0 Å². The van der Waals surface area contributed by atoms with Crippen molar-refractivity contribution in [3.63, 3.8) is 0 Å². The van der Waals surface area contributed by atoms with Gasteiger partial charge in [0, 0.05) is 0 Å². The minimum absolute atomic E-state index is 0.190. The smallest absolute Gasteiger partial charge is 0.408 e. The number of ether oxygens (including phenoxy) is 1. The minimum Gasteiger partial charge on any atom is -0.478 e. The van der Waals surface area contributed by atoms with Crippen LogP contribution in [0.4, 0.5) is 4.79 Å². The van der Waals surface area contributed by atoms with Gasteiger partial charge in [-0.3, -0.25) is 0 Å². The molecule has 1 atom stereocenters. The SMILES string of the molecule is C[C@H](NC(=O)OC(C)(C)C)c1cccc(C(=O)O)c1. The minimum atomic E-state index is -0.994. The first-order chi connectivity index (χ1) is 8.69. The van der Waals surface area contributed by atoms with Gasteiger partial charge in [-0.25, -0.2) is 9.59 Å². The molecule has 0 heterocycles. The maximum Gasteiger partial charge on any atom is 0.408 e. The van der Waals surface area contributed by atoms with E-state index in [-0.39, 0.29) is 11.6 Å². The molecule has 0 aliphatic rings. The third-order valence-corrected chi connectivity index (χ3v) is 2.37. The summed E-state index contributed by atoms with van der Waals surface area (Å²) < 4.78 is 5.14. The Bertz CT molecular complexity index is 477. The highest BCUT2D eigenvalue weighted by Crippen LogP contribution is 2.15. The van der Waals surface area contributed by atoms with Crippen molar-refractivity contribution >= 4 is 12.1 Å². The van der Waals surface area contributed by atoms with Gasteiger partial charge in [-0.1, -0.05) is 12.1 Å². The molecular formula is C14H19NO4. The topological polar surface area (TPSA) is 75.6 Å². The van der Waals surface area contributed by atoms with Gasteiger partial charge in [0.25, 0.3) is 0 Å². The molecule has 1 amide bonds. The molecule has 0 aliphatic carbocycles. The van der Waals surface area contributed by atoms with Crippen molar-refractivity contribution in [1.29, 1.82) is 0 Å². The Balaban J connectivity index is 2.73. The van der Waals surface area contributed by atoms with Crippen LogP contribution >= 0.6 is 0 Å². The molecule has 0 bridgehead atoms. The fraction of sp³-hybridized carbons (Fsp3) is 0.429. The van der Waals surface area contributed by atoms with E-state index in [1.807, 2.05) is 0 Å². The van der Waals surface area contributed by atoms with Gasteiger partial charge >= 0.3 is 12.1 Å². The number of carbonyl (C=O) groups excluding carboxylic acids is 1. The van der Waals surface area contributed by atoms with E-state index in [0.29, 0.717) is 5.56 Å². The molecule has 0 saturated heterocycles. The molecule has 0 aromatic heterocycles. The molecule has 0 spiro atoms. The number of hydrogen-bond donors (Lipinski definition) is 2. The van der Waals surface area contributed by atoms with Crippen LogP contribution in [-0.4, -0.2) is 22.8 Å². The van der Waals surface area contributed by atoms with Crippen molar-refractivity contribution in [3.05, 3.63) is 35.4 Å². The summed E-state index contributed by atoms with van der Waals surface area (Å²) in [6.07, 6.45) is -0.527. The van der Waals surface area contributed by atoms with Crippen molar-refractivity contribution in [3.8, 4) is 0 Å². The largest absolute Gasteiger partial charge is 0.478 e. The second kappa shape index (κ2) is 5.73. The first kappa shape index (κ1) is 15.0. The number of rotatable bonds is 3. The Morgan fingerprint density at radius 1 is 1.32 bits per heavy atom. The van der Waals surface area contributed by atoms with E-state index in [0.717, 1.165) is 0 Å². The quantitative estimate of drug-likeness (QED) is 0.881. The van der Waals surface area contributed by atoms with Gasteiger partial charge in [-0.05, 0) is 45.4 Å². The molecule has 104 valence electrons. The lowest BCUT2D eigenvalue weighted by Gasteiger charge is -2.22. The number of carboxylic acids is 1. The second-order valence-corrected chi connectivity index (χ2v) is 5.30. The first-order valence-corrected chi connectivity index (χ1v) is 6.02. The summed E-state index contributed by atoms with van der Waals surface area (Å²) >= 11 is 0. The Morgan fingerprint density at radius 2 is 1.95 bits per heavy atom. The molecule has 0 radical (unpaired) electrons. The Kier molecular flexibility index (Phi) is 4.53. The number of aromatic carboxylic acids is 1. The number of amides is 1. The van der Waals surface area contributed by atoms with Crippen molar-refractivity contribution in [1.82, 2.24) is 5.32 Å². The van der Waals surface area contributed by atoms with Crippen LogP contribution in [0.25, 0.3) is 0 Å². The van der Waals surface area contributed by atoms with Gasteiger partial charge in [0.15, 0.2) is 0 Å². The predicted octanol–water partition coefficient (Wildman–Crippen LogP) is 2.97. The highest BCUT2D eigenvalue weighted by molar-refractivity contribution is 5.87. The summed E-state index contributed by atoms with van der Waals surface area (Å²) in [5.41, 5.74) is 0.341. The number of benzene rings is 1. The van der Waals surface area contributed by atoms with Crippen molar-refractivity contribution < 1.29 is 19.4 Å². The van der Waals surface area contributed by atoms with E-state index in [4.69, 9.17) is 9.84 Å². The normalized spacial score (nSPS) is 12.6. The second-order valence-electron chi connectivity index (χ2n) is 5.30. The average Bonchev–Trinajstić information content (AvgIpc) is 2.26. The molecule has 0 aliphatic heterocycles. The third-order valence-electron chi connectivity index (χ3n) is 2.37. The average molecular weight is 265 g/mol. The highest BCUT2D eigenvalue weighted by atomic mass is 16.6. The standard InChI is InChI=1S/C14H19NO4/c1-9(15-13(18)19-14(2,3)4)10-6-5-7-11(8-10)12(16)17/h5-9H,1-4H3,(H,15,18)(H,16,17)/t9-/m0/s1. The fourth-order valence-electron chi connectivity index (χ4n) is 1.51. The van der Waals surface area contributed by atoms with Crippen LogP contribution in [0.1, 0.15) is 49.7 Å². The van der Waals surface area contributed by atoms with Crippen LogP contribution in [0.2, 0.25) is 0 Å². The molecular weight excluding hydrogens is 246 g/mol. The van der Waals surface area contributed by atoms with Crippen LogP contribution in [0.15, 0.2) is 24.3 Å². The monoisotopic (exact) mass is 265 g/mol. The van der Waals surface area contributed by atoms with E-state index >= 15 is 0 Å². The molecule has 1 aromatic rings. The van der Waals surface area contributed by atoms with Gasteiger partial charge in [-0.2, -0.15) is 0 Å². The maximum absolute atomic E-state index is 11.6. The summed E-state index contributed by atoms with van der Waals surface area (Å²) in [5, 5.41) is 11.6. The number of carboxylic acid groups (broad SMARTS) is 1. The van der Waals surface area contributed by atoms with Gasteiger partial charge in [0.2, 0.25) is 0 Å². The van der Waals surface area contributed by atoms with Gasteiger partial charge < -0.3 is 15.2 Å². The van der Waals surface area contributed by atoms with Crippen LogP contribution in [0.3, 0.4) is 0 Å². The van der Waals surface area contributed by atoms with Gasteiger partial charge in [-0.15, -0.1) is 0 Å². The predicted molar refractivity (Wildman–Crippen MR) is 71.2 cm³/mol. The molecule has 19 heavy (non-hydrogen) atoms. The summed E-state index contributed by atoms with van der Waals surface area (Å²) in [6.45, 7) is 7.11. The third kappa shape index (κ3) is 4.99. The summed E-state index contributed by atoms with van der Waals surface area (Å²) in [5.74, 6) is -0.994. The summed E-state index contributed by atoms with van der Waals surface area (Å²) in [4.78, 5) is 22.5. The number of nitrogens with one attached hydrogen (secondary N) is 1. The lowest BCUT2D eigenvalue weighted by molar-refractivity contribution is 0.0507. The Hall–Kier alpha value is -2.04.